The zero-order valence-electron chi connectivity index (χ0n) is 14.4. The van der Waals surface area contributed by atoms with E-state index in [0.29, 0.717) is 19.1 Å². The molecule has 0 aliphatic heterocycles. The van der Waals surface area contributed by atoms with E-state index in [1.54, 1.807) is 14.2 Å². The van der Waals surface area contributed by atoms with Gasteiger partial charge in [-0.15, -0.1) is 12.4 Å². The summed E-state index contributed by atoms with van der Waals surface area (Å²) < 4.78 is 10.7. The molecule has 6 heteroatoms. The molecule has 2 aliphatic rings. The van der Waals surface area contributed by atoms with E-state index in [1.807, 2.05) is 23.1 Å². The molecule has 0 heterocycles. The summed E-state index contributed by atoms with van der Waals surface area (Å²) in [5.74, 6) is 2.56. The number of rotatable bonds is 9. The van der Waals surface area contributed by atoms with Crippen LogP contribution in [0.3, 0.4) is 0 Å². The maximum Gasteiger partial charge on any atom is 0.237 e. The van der Waals surface area contributed by atoms with Crippen LogP contribution in [0, 0.1) is 5.92 Å². The van der Waals surface area contributed by atoms with Crippen LogP contribution in [0.1, 0.15) is 31.2 Å². The van der Waals surface area contributed by atoms with Crippen LogP contribution in [0.5, 0.6) is 11.5 Å². The van der Waals surface area contributed by atoms with Gasteiger partial charge in [-0.3, -0.25) is 4.79 Å². The number of nitrogens with zero attached hydrogens (tertiary/aromatic N) is 1. The number of amides is 1. The fraction of sp³-hybridized carbons (Fsp3) is 0.611. The van der Waals surface area contributed by atoms with Gasteiger partial charge in [0.05, 0.1) is 20.8 Å². The van der Waals surface area contributed by atoms with Crippen molar-refractivity contribution in [2.45, 2.75) is 38.3 Å². The Hall–Kier alpha value is -1.46. The molecule has 0 unspecified atom stereocenters. The molecule has 0 bridgehead atoms. The molecule has 1 amide bonds. The average Bonchev–Trinajstić information content (AvgIpc) is 3.45. The molecule has 0 atom stereocenters. The smallest absolute Gasteiger partial charge is 0.237 e. The largest absolute Gasteiger partial charge is 0.497 e. The van der Waals surface area contributed by atoms with Crippen molar-refractivity contribution in [3.8, 4) is 11.5 Å². The molecule has 0 spiro atoms. The standard InChI is InChI=1S/C18H26N2O3.ClH/c1-22-16-7-8-17(23-2)14(9-16)12-20(15-5-6-15)18(21)11-19-10-13-3-4-13;/h7-9,13,15,19H,3-6,10-12H2,1-2H3;1H. The van der Waals surface area contributed by atoms with Gasteiger partial charge in [0.1, 0.15) is 11.5 Å². The van der Waals surface area contributed by atoms with Crippen LogP contribution in [-0.4, -0.2) is 44.2 Å². The highest BCUT2D eigenvalue weighted by Gasteiger charge is 2.33. The molecule has 2 fully saturated rings. The number of hydrogen-bond donors (Lipinski definition) is 1. The van der Waals surface area contributed by atoms with Crippen molar-refractivity contribution in [3.05, 3.63) is 23.8 Å². The molecule has 3 rings (SSSR count). The number of hydrogen-bond acceptors (Lipinski definition) is 4. The lowest BCUT2D eigenvalue weighted by molar-refractivity contribution is -0.131. The molecule has 1 aromatic rings. The van der Waals surface area contributed by atoms with Gasteiger partial charge in [-0.2, -0.15) is 0 Å². The zero-order chi connectivity index (χ0) is 16.2. The summed E-state index contributed by atoms with van der Waals surface area (Å²) in [6.07, 6.45) is 4.80. The summed E-state index contributed by atoms with van der Waals surface area (Å²) in [6, 6.07) is 6.11. The quantitative estimate of drug-likeness (QED) is 0.740. The first-order valence-corrected chi connectivity index (χ1v) is 8.42. The van der Waals surface area contributed by atoms with Crippen molar-refractivity contribution in [2.24, 2.45) is 5.92 Å². The van der Waals surface area contributed by atoms with E-state index in [2.05, 4.69) is 5.32 Å². The maximum atomic E-state index is 12.6. The van der Waals surface area contributed by atoms with Gasteiger partial charge in [-0.05, 0) is 56.3 Å². The summed E-state index contributed by atoms with van der Waals surface area (Å²) in [6.45, 7) is 1.97. The van der Waals surface area contributed by atoms with Gasteiger partial charge in [0.15, 0.2) is 0 Å². The van der Waals surface area contributed by atoms with E-state index in [9.17, 15) is 4.79 Å². The number of halogens is 1. The summed E-state index contributed by atoms with van der Waals surface area (Å²) in [5.41, 5.74) is 0.995. The summed E-state index contributed by atoms with van der Waals surface area (Å²) >= 11 is 0. The van der Waals surface area contributed by atoms with Crippen molar-refractivity contribution in [1.82, 2.24) is 10.2 Å². The third-order valence-electron chi connectivity index (χ3n) is 4.54. The number of benzene rings is 1. The van der Waals surface area contributed by atoms with Crippen molar-refractivity contribution < 1.29 is 14.3 Å². The second-order valence-corrected chi connectivity index (χ2v) is 6.50. The molecule has 1 aromatic carbocycles. The average molecular weight is 355 g/mol. The van der Waals surface area contributed by atoms with Gasteiger partial charge >= 0.3 is 0 Å². The summed E-state index contributed by atoms with van der Waals surface area (Å²) in [5, 5.41) is 3.30. The highest BCUT2D eigenvalue weighted by Crippen LogP contribution is 2.32. The zero-order valence-corrected chi connectivity index (χ0v) is 15.2. The minimum atomic E-state index is 0. The molecule has 134 valence electrons. The Balaban J connectivity index is 0.00000208. The van der Waals surface area contributed by atoms with Crippen LogP contribution in [0.2, 0.25) is 0 Å². The van der Waals surface area contributed by atoms with Gasteiger partial charge in [0.25, 0.3) is 0 Å². The Morgan fingerprint density at radius 2 is 1.96 bits per heavy atom. The molecule has 0 radical (unpaired) electrons. The number of methoxy groups -OCH3 is 2. The molecule has 24 heavy (non-hydrogen) atoms. The van der Waals surface area contributed by atoms with E-state index in [4.69, 9.17) is 9.47 Å². The minimum absolute atomic E-state index is 0. The summed E-state index contributed by atoms with van der Waals surface area (Å²) in [7, 11) is 3.31. The van der Waals surface area contributed by atoms with Crippen LogP contribution >= 0.6 is 12.4 Å². The maximum absolute atomic E-state index is 12.6. The van der Waals surface area contributed by atoms with Crippen LogP contribution in [-0.2, 0) is 11.3 Å². The first kappa shape index (κ1) is 18.9. The molecule has 1 N–H and O–H groups in total. The van der Waals surface area contributed by atoms with Crippen molar-refractivity contribution >= 4 is 18.3 Å². The Morgan fingerprint density at radius 3 is 2.54 bits per heavy atom. The SMILES string of the molecule is COc1ccc(OC)c(CN(C(=O)CNCC2CC2)C2CC2)c1.Cl. The fourth-order valence-electron chi connectivity index (χ4n) is 2.80. The summed E-state index contributed by atoms with van der Waals surface area (Å²) in [4.78, 5) is 14.6. The number of ether oxygens (including phenoxy) is 2. The van der Waals surface area contributed by atoms with Crippen molar-refractivity contribution in [3.63, 3.8) is 0 Å². The lowest BCUT2D eigenvalue weighted by atomic mass is 10.1. The van der Waals surface area contributed by atoms with Crippen LogP contribution in [0.15, 0.2) is 18.2 Å². The van der Waals surface area contributed by atoms with Crippen LogP contribution in [0.4, 0.5) is 0 Å². The highest BCUT2D eigenvalue weighted by molar-refractivity contribution is 5.85. The lowest BCUT2D eigenvalue weighted by Crippen LogP contribution is -2.39. The lowest BCUT2D eigenvalue weighted by Gasteiger charge is -2.24. The number of carbonyl (C=O) groups excluding carboxylic acids is 1. The van der Waals surface area contributed by atoms with Gasteiger partial charge in [-0.1, -0.05) is 0 Å². The minimum Gasteiger partial charge on any atom is -0.497 e. The third-order valence-corrected chi connectivity index (χ3v) is 4.54. The van der Waals surface area contributed by atoms with E-state index < -0.39 is 0 Å². The molecule has 5 nitrogen and oxygen atoms in total. The monoisotopic (exact) mass is 354 g/mol. The second-order valence-electron chi connectivity index (χ2n) is 6.50. The molecule has 2 aliphatic carbocycles. The molecule has 2 saturated carbocycles. The molecular formula is C18H27ClN2O3. The normalized spacial score (nSPS) is 16.2. The molecular weight excluding hydrogens is 328 g/mol. The van der Waals surface area contributed by atoms with E-state index in [-0.39, 0.29) is 18.3 Å². The highest BCUT2D eigenvalue weighted by atomic mass is 35.5. The number of carbonyl (C=O) groups is 1. The van der Waals surface area contributed by atoms with E-state index in [0.717, 1.165) is 42.4 Å². The predicted molar refractivity (Wildman–Crippen MR) is 96.0 cm³/mol. The predicted octanol–water partition coefficient (Wildman–Crippen LogP) is 2.62. The van der Waals surface area contributed by atoms with Gasteiger partial charge in [-0.25, -0.2) is 0 Å². The molecule has 0 aromatic heterocycles. The van der Waals surface area contributed by atoms with Crippen LogP contribution in [0.25, 0.3) is 0 Å². The topological polar surface area (TPSA) is 50.8 Å². The molecule has 0 saturated heterocycles. The first-order chi connectivity index (χ1) is 11.2. The van der Waals surface area contributed by atoms with Gasteiger partial charge in [0.2, 0.25) is 5.91 Å². The van der Waals surface area contributed by atoms with E-state index >= 15 is 0 Å². The second kappa shape index (κ2) is 8.58. The first-order valence-electron chi connectivity index (χ1n) is 8.42. The third kappa shape index (κ3) is 5.02. The van der Waals surface area contributed by atoms with E-state index in [1.165, 1.54) is 12.8 Å². The van der Waals surface area contributed by atoms with Crippen molar-refractivity contribution in [2.75, 3.05) is 27.3 Å². The Kier molecular flexibility index (Phi) is 6.75. The number of nitrogens with one attached hydrogen (secondary N) is 1. The van der Waals surface area contributed by atoms with Gasteiger partial charge < -0.3 is 19.7 Å². The Labute approximate surface area is 150 Å². The Bertz CT molecular complexity index is 559. The Morgan fingerprint density at radius 1 is 1.21 bits per heavy atom. The van der Waals surface area contributed by atoms with Gasteiger partial charge in [0, 0.05) is 18.2 Å². The van der Waals surface area contributed by atoms with Crippen molar-refractivity contribution in [1.29, 1.82) is 0 Å². The van der Waals surface area contributed by atoms with Crippen LogP contribution < -0.4 is 14.8 Å². The fourth-order valence-corrected chi connectivity index (χ4v) is 2.80.